The zero-order valence-corrected chi connectivity index (χ0v) is 16.8. The standard InChI is InChI=1S/C22H19ClN4O2/c1-14-3-5-15(6-4-14)13-27-20-9-7-16(11-18(20)25-26-27)22(28)24-19-12-17(23)8-10-21(19)29-2/h3-12H,13H2,1-2H3,(H,24,28). The number of rotatable bonds is 5. The SMILES string of the molecule is COc1ccc(Cl)cc1NC(=O)c1ccc2c(c1)nnn2Cc1ccc(C)cc1. The predicted octanol–water partition coefficient (Wildman–Crippen LogP) is 4.70. The molecule has 4 aromatic rings. The van der Waals surface area contributed by atoms with Crippen molar-refractivity contribution in [3.05, 3.63) is 82.4 Å². The molecule has 7 heteroatoms. The maximum atomic E-state index is 12.7. The highest BCUT2D eigenvalue weighted by molar-refractivity contribution is 6.31. The summed E-state index contributed by atoms with van der Waals surface area (Å²) in [7, 11) is 1.54. The van der Waals surface area contributed by atoms with Crippen molar-refractivity contribution >= 4 is 34.2 Å². The van der Waals surface area contributed by atoms with Crippen LogP contribution in [0.25, 0.3) is 11.0 Å². The Morgan fingerprint density at radius 1 is 1.10 bits per heavy atom. The van der Waals surface area contributed by atoms with Gasteiger partial charge in [0.15, 0.2) is 0 Å². The number of hydrogen-bond donors (Lipinski definition) is 1. The Morgan fingerprint density at radius 3 is 2.66 bits per heavy atom. The van der Waals surface area contributed by atoms with Crippen molar-refractivity contribution in [1.82, 2.24) is 15.0 Å². The number of hydrogen-bond acceptors (Lipinski definition) is 4. The number of halogens is 1. The molecule has 146 valence electrons. The van der Waals surface area contributed by atoms with E-state index in [2.05, 4.69) is 46.8 Å². The highest BCUT2D eigenvalue weighted by Gasteiger charge is 2.13. The summed E-state index contributed by atoms with van der Waals surface area (Å²) in [6.45, 7) is 2.67. The van der Waals surface area contributed by atoms with Crippen LogP contribution < -0.4 is 10.1 Å². The summed E-state index contributed by atoms with van der Waals surface area (Å²) in [5.41, 5.74) is 4.85. The molecule has 0 aliphatic rings. The van der Waals surface area contributed by atoms with E-state index in [0.29, 0.717) is 34.1 Å². The van der Waals surface area contributed by atoms with Gasteiger partial charge in [-0.05, 0) is 48.9 Å². The molecule has 1 amide bonds. The molecule has 0 atom stereocenters. The second kappa shape index (κ2) is 7.93. The van der Waals surface area contributed by atoms with E-state index in [1.807, 2.05) is 10.7 Å². The average Bonchev–Trinajstić information content (AvgIpc) is 3.12. The van der Waals surface area contributed by atoms with Crippen LogP contribution in [0.15, 0.2) is 60.7 Å². The molecule has 4 rings (SSSR count). The maximum Gasteiger partial charge on any atom is 0.255 e. The van der Waals surface area contributed by atoms with Crippen LogP contribution in [0.3, 0.4) is 0 Å². The Bertz CT molecular complexity index is 1190. The Hall–Kier alpha value is -3.38. The Labute approximate surface area is 173 Å². The molecule has 0 unspecified atom stereocenters. The van der Waals surface area contributed by atoms with E-state index in [4.69, 9.17) is 16.3 Å². The molecular formula is C22H19ClN4O2. The van der Waals surface area contributed by atoms with Gasteiger partial charge >= 0.3 is 0 Å². The highest BCUT2D eigenvalue weighted by Crippen LogP contribution is 2.28. The molecule has 0 aliphatic heterocycles. The summed E-state index contributed by atoms with van der Waals surface area (Å²) in [6.07, 6.45) is 0. The lowest BCUT2D eigenvalue weighted by molar-refractivity contribution is 0.102. The largest absolute Gasteiger partial charge is 0.495 e. The topological polar surface area (TPSA) is 69.0 Å². The first kappa shape index (κ1) is 19.0. The average molecular weight is 407 g/mol. The van der Waals surface area contributed by atoms with Crippen LogP contribution in [0.5, 0.6) is 5.75 Å². The fourth-order valence-electron chi connectivity index (χ4n) is 3.07. The van der Waals surface area contributed by atoms with Crippen molar-refractivity contribution in [2.24, 2.45) is 0 Å². The zero-order valence-electron chi connectivity index (χ0n) is 16.0. The molecule has 1 N–H and O–H groups in total. The van der Waals surface area contributed by atoms with Gasteiger partial charge in [-0.2, -0.15) is 0 Å². The molecule has 0 aliphatic carbocycles. The second-order valence-electron chi connectivity index (χ2n) is 6.73. The molecule has 3 aromatic carbocycles. The Kier molecular flexibility index (Phi) is 5.18. The van der Waals surface area contributed by atoms with Crippen LogP contribution in [0.1, 0.15) is 21.5 Å². The number of nitrogens with one attached hydrogen (secondary N) is 1. The van der Waals surface area contributed by atoms with Crippen LogP contribution in [0, 0.1) is 6.92 Å². The summed E-state index contributed by atoms with van der Waals surface area (Å²) >= 11 is 6.03. The molecule has 6 nitrogen and oxygen atoms in total. The first-order valence-electron chi connectivity index (χ1n) is 9.07. The van der Waals surface area contributed by atoms with Crippen molar-refractivity contribution in [1.29, 1.82) is 0 Å². The Balaban J connectivity index is 1.57. The number of aromatic nitrogens is 3. The van der Waals surface area contributed by atoms with Crippen molar-refractivity contribution < 1.29 is 9.53 Å². The first-order chi connectivity index (χ1) is 14.0. The van der Waals surface area contributed by atoms with E-state index >= 15 is 0 Å². The number of amides is 1. The van der Waals surface area contributed by atoms with Gasteiger partial charge in [0, 0.05) is 10.6 Å². The molecular weight excluding hydrogens is 388 g/mol. The van der Waals surface area contributed by atoms with Gasteiger partial charge in [-0.15, -0.1) is 5.10 Å². The smallest absolute Gasteiger partial charge is 0.255 e. The number of aryl methyl sites for hydroxylation is 1. The number of nitrogens with zero attached hydrogens (tertiary/aromatic N) is 3. The van der Waals surface area contributed by atoms with Crippen molar-refractivity contribution in [3.8, 4) is 5.75 Å². The van der Waals surface area contributed by atoms with Gasteiger partial charge in [-0.3, -0.25) is 4.79 Å². The van der Waals surface area contributed by atoms with Crippen LogP contribution in [-0.4, -0.2) is 28.0 Å². The van der Waals surface area contributed by atoms with Gasteiger partial charge in [-0.25, -0.2) is 4.68 Å². The predicted molar refractivity (Wildman–Crippen MR) is 114 cm³/mol. The highest BCUT2D eigenvalue weighted by atomic mass is 35.5. The number of ether oxygens (including phenoxy) is 1. The molecule has 29 heavy (non-hydrogen) atoms. The van der Waals surface area contributed by atoms with E-state index in [0.717, 1.165) is 11.1 Å². The fraction of sp³-hybridized carbons (Fsp3) is 0.136. The quantitative estimate of drug-likeness (QED) is 0.521. The normalized spacial score (nSPS) is 10.9. The minimum atomic E-state index is -0.277. The molecule has 0 saturated carbocycles. The number of carbonyl (C=O) groups excluding carboxylic acids is 1. The monoisotopic (exact) mass is 406 g/mol. The second-order valence-corrected chi connectivity index (χ2v) is 7.17. The molecule has 0 radical (unpaired) electrons. The fourth-order valence-corrected chi connectivity index (χ4v) is 3.24. The number of fused-ring (bicyclic) bond motifs is 1. The number of anilines is 1. The number of methoxy groups -OCH3 is 1. The van der Waals surface area contributed by atoms with E-state index in [-0.39, 0.29) is 5.91 Å². The molecule has 0 spiro atoms. The van der Waals surface area contributed by atoms with Gasteiger partial charge < -0.3 is 10.1 Å². The third-order valence-corrected chi connectivity index (χ3v) is 4.87. The van der Waals surface area contributed by atoms with Gasteiger partial charge in [0.25, 0.3) is 5.91 Å². The Morgan fingerprint density at radius 2 is 1.90 bits per heavy atom. The molecule has 1 heterocycles. The van der Waals surface area contributed by atoms with Crippen molar-refractivity contribution in [3.63, 3.8) is 0 Å². The zero-order chi connectivity index (χ0) is 20.4. The van der Waals surface area contributed by atoms with Crippen molar-refractivity contribution in [2.45, 2.75) is 13.5 Å². The van der Waals surface area contributed by atoms with Gasteiger partial charge in [0.2, 0.25) is 0 Å². The summed E-state index contributed by atoms with van der Waals surface area (Å²) in [4.78, 5) is 12.7. The van der Waals surface area contributed by atoms with Gasteiger partial charge in [0.05, 0.1) is 24.9 Å². The lowest BCUT2D eigenvalue weighted by atomic mass is 10.1. The lowest BCUT2D eigenvalue weighted by Crippen LogP contribution is -2.12. The van der Waals surface area contributed by atoms with Crippen LogP contribution in [0.4, 0.5) is 5.69 Å². The van der Waals surface area contributed by atoms with E-state index < -0.39 is 0 Å². The number of carbonyl (C=O) groups is 1. The van der Waals surface area contributed by atoms with E-state index in [1.165, 1.54) is 12.7 Å². The number of benzene rings is 3. The maximum absolute atomic E-state index is 12.7. The molecule has 1 aromatic heterocycles. The van der Waals surface area contributed by atoms with Crippen LogP contribution in [0.2, 0.25) is 5.02 Å². The van der Waals surface area contributed by atoms with Gasteiger partial charge in [-0.1, -0.05) is 46.6 Å². The third kappa shape index (κ3) is 4.07. The summed E-state index contributed by atoms with van der Waals surface area (Å²) in [6, 6.07) is 18.7. The summed E-state index contributed by atoms with van der Waals surface area (Å²) < 4.78 is 7.10. The van der Waals surface area contributed by atoms with E-state index in [9.17, 15) is 4.79 Å². The lowest BCUT2D eigenvalue weighted by Gasteiger charge is -2.10. The van der Waals surface area contributed by atoms with Crippen LogP contribution in [-0.2, 0) is 6.54 Å². The van der Waals surface area contributed by atoms with Crippen LogP contribution >= 0.6 is 11.6 Å². The van der Waals surface area contributed by atoms with Gasteiger partial charge in [0.1, 0.15) is 11.3 Å². The van der Waals surface area contributed by atoms with Crippen molar-refractivity contribution in [2.75, 3.05) is 12.4 Å². The summed E-state index contributed by atoms with van der Waals surface area (Å²) in [5.74, 6) is 0.258. The third-order valence-electron chi connectivity index (χ3n) is 4.64. The minimum Gasteiger partial charge on any atom is -0.495 e. The first-order valence-corrected chi connectivity index (χ1v) is 9.45. The molecule has 0 bridgehead atoms. The summed E-state index contributed by atoms with van der Waals surface area (Å²) in [5, 5.41) is 11.8. The molecule has 0 fully saturated rings. The van der Waals surface area contributed by atoms with E-state index in [1.54, 1.807) is 30.3 Å². The molecule has 0 saturated heterocycles. The minimum absolute atomic E-state index is 0.277.